The maximum absolute atomic E-state index is 13.2. The predicted molar refractivity (Wildman–Crippen MR) is 123 cm³/mol. The van der Waals surface area contributed by atoms with Crippen molar-refractivity contribution in [3.8, 4) is 11.1 Å². The van der Waals surface area contributed by atoms with Crippen molar-refractivity contribution in [1.82, 2.24) is 9.55 Å². The molecule has 0 saturated carbocycles. The van der Waals surface area contributed by atoms with Gasteiger partial charge in [-0.3, -0.25) is 9.36 Å². The Labute approximate surface area is 183 Å². The molecule has 6 nitrogen and oxygen atoms in total. The Bertz CT molecular complexity index is 1020. The van der Waals surface area contributed by atoms with Gasteiger partial charge >= 0.3 is 0 Å². The second-order valence-electron chi connectivity index (χ2n) is 8.46. The van der Waals surface area contributed by atoms with Crippen LogP contribution >= 0.6 is 23.2 Å². The number of hydrogen-bond acceptors (Lipinski definition) is 5. The molecule has 1 spiro atoms. The van der Waals surface area contributed by atoms with Gasteiger partial charge in [0.25, 0.3) is 5.56 Å². The van der Waals surface area contributed by atoms with E-state index in [0.29, 0.717) is 33.2 Å². The van der Waals surface area contributed by atoms with E-state index in [-0.39, 0.29) is 16.8 Å². The van der Waals surface area contributed by atoms with Gasteiger partial charge in [-0.2, -0.15) is 4.98 Å². The minimum Gasteiger partial charge on any atom is -0.383 e. The van der Waals surface area contributed by atoms with Gasteiger partial charge in [-0.1, -0.05) is 34.5 Å². The van der Waals surface area contributed by atoms with Crippen molar-refractivity contribution in [2.45, 2.75) is 32.3 Å². The fourth-order valence-electron chi connectivity index (χ4n) is 4.63. The van der Waals surface area contributed by atoms with Crippen LogP contribution in [0.2, 0.25) is 10.0 Å². The van der Waals surface area contributed by atoms with Gasteiger partial charge in [-0.05, 0) is 37.7 Å². The average Bonchev–Trinajstić information content (AvgIpc) is 3.03. The molecule has 2 N–H and O–H groups in total. The molecule has 2 fully saturated rings. The highest BCUT2D eigenvalue weighted by Crippen LogP contribution is 2.42. The standard InChI is InChI=1S/C20H26Cl2N4O2Si/c1-11-9-20(10-28-11)3-5-26(6-4-20)19-24-17(23)15(18(27)25(19)2)13-7-12(29)8-14(21)16(13)22/h7-8,11H,3-6,9-10,23H2,1-2,29H3/t11-/m0/s1. The van der Waals surface area contributed by atoms with Crippen molar-refractivity contribution >= 4 is 50.4 Å². The van der Waals surface area contributed by atoms with E-state index in [9.17, 15) is 4.79 Å². The highest BCUT2D eigenvalue weighted by molar-refractivity contribution is 6.45. The molecule has 29 heavy (non-hydrogen) atoms. The lowest BCUT2D eigenvalue weighted by Gasteiger charge is -2.39. The molecular formula is C20H26Cl2N4O2Si. The topological polar surface area (TPSA) is 73.4 Å². The van der Waals surface area contributed by atoms with Crippen LogP contribution in [0.25, 0.3) is 11.1 Å². The molecule has 4 rings (SSSR count). The Morgan fingerprint density at radius 1 is 1.31 bits per heavy atom. The van der Waals surface area contributed by atoms with Crippen LogP contribution in [0.3, 0.4) is 0 Å². The molecule has 0 aliphatic carbocycles. The average molecular weight is 453 g/mol. The smallest absolute Gasteiger partial charge is 0.264 e. The van der Waals surface area contributed by atoms with Crippen molar-refractivity contribution in [1.29, 1.82) is 0 Å². The molecule has 0 bridgehead atoms. The Kier molecular flexibility index (Phi) is 5.44. The zero-order valence-electron chi connectivity index (χ0n) is 17.0. The Morgan fingerprint density at radius 3 is 2.62 bits per heavy atom. The quantitative estimate of drug-likeness (QED) is 0.702. The number of benzene rings is 1. The molecule has 2 aromatic rings. The van der Waals surface area contributed by atoms with Gasteiger partial charge in [0.15, 0.2) is 0 Å². The number of nitrogens with two attached hydrogens (primary N) is 1. The van der Waals surface area contributed by atoms with Crippen LogP contribution in [-0.2, 0) is 11.8 Å². The van der Waals surface area contributed by atoms with E-state index in [2.05, 4.69) is 16.8 Å². The van der Waals surface area contributed by atoms with E-state index < -0.39 is 0 Å². The van der Waals surface area contributed by atoms with Crippen molar-refractivity contribution < 1.29 is 4.74 Å². The summed E-state index contributed by atoms with van der Waals surface area (Å²) in [6.07, 6.45) is 3.48. The highest BCUT2D eigenvalue weighted by atomic mass is 35.5. The molecule has 0 radical (unpaired) electrons. The summed E-state index contributed by atoms with van der Waals surface area (Å²) >= 11 is 12.6. The fourth-order valence-corrected chi connectivity index (χ4v) is 5.86. The first-order valence-corrected chi connectivity index (χ1v) is 11.7. The molecule has 2 aliphatic heterocycles. The summed E-state index contributed by atoms with van der Waals surface area (Å²) in [5.74, 6) is 0.786. The molecule has 2 aliphatic rings. The number of nitrogen functional groups attached to an aromatic ring is 1. The minimum absolute atomic E-state index is 0.187. The van der Waals surface area contributed by atoms with E-state index >= 15 is 0 Å². The molecule has 2 saturated heterocycles. The number of aromatic nitrogens is 2. The molecule has 9 heteroatoms. The van der Waals surface area contributed by atoms with E-state index in [1.165, 1.54) is 0 Å². The van der Waals surface area contributed by atoms with E-state index in [1.807, 2.05) is 12.1 Å². The molecule has 1 aromatic carbocycles. The highest BCUT2D eigenvalue weighted by Gasteiger charge is 2.41. The van der Waals surface area contributed by atoms with E-state index in [4.69, 9.17) is 33.7 Å². The van der Waals surface area contributed by atoms with Gasteiger partial charge in [-0.25, -0.2) is 0 Å². The van der Waals surface area contributed by atoms with Crippen LogP contribution in [0.4, 0.5) is 11.8 Å². The van der Waals surface area contributed by atoms with Gasteiger partial charge in [0.1, 0.15) is 5.82 Å². The summed E-state index contributed by atoms with van der Waals surface area (Å²) < 4.78 is 7.39. The summed E-state index contributed by atoms with van der Waals surface area (Å²) in [6, 6.07) is 3.69. The number of piperidine rings is 1. The van der Waals surface area contributed by atoms with Crippen molar-refractivity contribution in [2.75, 3.05) is 30.3 Å². The molecule has 1 aromatic heterocycles. The number of rotatable bonds is 2. The van der Waals surface area contributed by atoms with E-state index in [1.54, 1.807) is 11.6 Å². The van der Waals surface area contributed by atoms with Gasteiger partial charge in [0, 0.05) is 35.9 Å². The first-order chi connectivity index (χ1) is 13.7. The van der Waals surface area contributed by atoms with E-state index in [0.717, 1.165) is 54.4 Å². The van der Waals surface area contributed by atoms with Gasteiger partial charge in [0.2, 0.25) is 5.95 Å². The summed E-state index contributed by atoms with van der Waals surface area (Å²) in [6.45, 7) is 4.62. The first kappa shape index (κ1) is 20.7. The molecule has 1 atom stereocenters. The molecule has 0 amide bonds. The number of anilines is 2. The minimum atomic E-state index is -0.212. The fraction of sp³-hybridized carbons (Fsp3) is 0.500. The Balaban J connectivity index is 1.68. The lowest BCUT2D eigenvalue weighted by atomic mass is 9.77. The van der Waals surface area contributed by atoms with Crippen LogP contribution in [-0.4, -0.2) is 45.6 Å². The maximum atomic E-state index is 13.2. The lowest BCUT2D eigenvalue weighted by Crippen LogP contribution is -2.43. The zero-order valence-corrected chi connectivity index (χ0v) is 20.5. The Morgan fingerprint density at radius 2 is 2.00 bits per heavy atom. The third kappa shape index (κ3) is 3.69. The lowest BCUT2D eigenvalue weighted by molar-refractivity contribution is 0.0974. The zero-order chi connectivity index (χ0) is 20.9. The summed E-state index contributed by atoms with van der Waals surface area (Å²) in [5.41, 5.74) is 7.18. The number of ether oxygens (including phenoxy) is 1. The number of hydrogen-bond donors (Lipinski definition) is 1. The summed E-state index contributed by atoms with van der Waals surface area (Å²) in [7, 11) is 2.52. The van der Waals surface area contributed by atoms with Crippen LogP contribution in [0.5, 0.6) is 0 Å². The molecule has 0 unspecified atom stereocenters. The van der Waals surface area contributed by atoms with Crippen LogP contribution in [0.15, 0.2) is 16.9 Å². The normalized spacial score (nSPS) is 21.2. The van der Waals surface area contributed by atoms with Crippen LogP contribution in [0, 0.1) is 5.41 Å². The second kappa shape index (κ2) is 7.61. The third-order valence-electron chi connectivity index (χ3n) is 6.24. The predicted octanol–water partition coefficient (Wildman–Crippen LogP) is 1.72. The second-order valence-corrected chi connectivity index (χ2v) is 10.4. The summed E-state index contributed by atoms with van der Waals surface area (Å²) in [5, 5.41) is 1.79. The van der Waals surface area contributed by atoms with Crippen LogP contribution < -0.4 is 21.4 Å². The number of nitrogens with zero attached hydrogens (tertiary/aromatic N) is 3. The van der Waals surface area contributed by atoms with Crippen LogP contribution in [0.1, 0.15) is 26.2 Å². The first-order valence-electron chi connectivity index (χ1n) is 9.90. The maximum Gasteiger partial charge on any atom is 0.264 e. The number of halogens is 2. The van der Waals surface area contributed by atoms with Crippen molar-refractivity contribution in [3.05, 3.63) is 32.5 Å². The van der Waals surface area contributed by atoms with Crippen molar-refractivity contribution in [2.24, 2.45) is 12.5 Å². The SMILES string of the molecule is C[C@H]1CC2(CCN(c3nc(N)c(-c4cc([SiH3])cc(Cl)c4Cl)c(=O)n3C)CC2)CO1. The van der Waals surface area contributed by atoms with Gasteiger partial charge in [0.05, 0.1) is 28.3 Å². The summed E-state index contributed by atoms with van der Waals surface area (Å²) in [4.78, 5) is 20.0. The van der Waals surface area contributed by atoms with Gasteiger partial charge in [-0.15, -0.1) is 0 Å². The Hall–Kier alpha value is -1.54. The van der Waals surface area contributed by atoms with Crippen molar-refractivity contribution in [3.63, 3.8) is 0 Å². The molecule has 3 heterocycles. The largest absolute Gasteiger partial charge is 0.383 e. The third-order valence-corrected chi connectivity index (χ3v) is 7.62. The molecular weight excluding hydrogens is 427 g/mol. The molecule has 156 valence electrons. The monoisotopic (exact) mass is 452 g/mol. The van der Waals surface area contributed by atoms with Gasteiger partial charge < -0.3 is 15.4 Å².